The molecule has 0 radical (unpaired) electrons. The minimum Gasteiger partial charge on any atom is -0.337 e. The molecule has 1 aromatic heterocycles. The quantitative estimate of drug-likeness (QED) is 0.818. The zero-order valence-electron chi connectivity index (χ0n) is 15.6. The van der Waals surface area contributed by atoms with Gasteiger partial charge in [-0.3, -0.25) is 14.6 Å². The molecule has 0 atom stereocenters. The van der Waals surface area contributed by atoms with Gasteiger partial charge in [0.2, 0.25) is 0 Å². The van der Waals surface area contributed by atoms with Crippen LogP contribution in [0.2, 0.25) is 0 Å². The molecule has 1 saturated heterocycles. The number of aromatic nitrogens is 1. The second kappa shape index (κ2) is 7.91. The first-order chi connectivity index (χ1) is 13.2. The van der Waals surface area contributed by atoms with E-state index in [0.717, 1.165) is 44.5 Å². The van der Waals surface area contributed by atoms with Crippen LogP contribution < -0.4 is 4.90 Å². The highest BCUT2D eigenvalue weighted by Crippen LogP contribution is 2.28. The van der Waals surface area contributed by atoms with Crippen LogP contribution in [0.25, 0.3) is 0 Å². The van der Waals surface area contributed by atoms with Crippen molar-refractivity contribution >= 4 is 17.5 Å². The predicted molar refractivity (Wildman–Crippen MR) is 105 cm³/mol. The van der Waals surface area contributed by atoms with Gasteiger partial charge in [0.15, 0.2) is 0 Å². The van der Waals surface area contributed by atoms with Gasteiger partial charge in [0.25, 0.3) is 11.8 Å². The van der Waals surface area contributed by atoms with Crippen LogP contribution in [0.1, 0.15) is 58.5 Å². The number of anilines is 1. The third kappa shape index (κ3) is 3.72. The SMILES string of the molecule is O=C(c1cc(C(=O)N2CCCc3ccccc32)ccn1)N1CCCCCC1. The summed E-state index contributed by atoms with van der Waals surface area (Å²) < 4.78 is 0. The summed E-state index contributed by atoms with van der Waals surface area (Å²) in [5, 5.41) is 0. The fourth-order valence-corrected chi connectivity index (χ4v) is 4.02. The standard InChI is InChI=1S/C22H25N3O2/c26-21(25-15-7-9-17-8-3-4-10-20(17)25)18-11-12-23-19(16-18)22(27)24-13-5-1-2-6-14-24/h3-4,8,10-12,16H,1-2,5-7,9,13-15H2. The molecule has 5 heteroatoms. The molecule has 0 spiro atoms. The van der Waals surface area contributed by atoms with Crippen LogP contribution in [0.15, 0.2) is 42.6 Å². The second-order valence-corrected chi connectivity index (χ2v) is 7.33. The average molecular weight is 363 g/mol. The van der Waals surface area contributed by atoms with Gasteiger partial charge in [0, 0.05) is 37.1 Å². The van der Waals surface area contributed by atoms with Gasteiger partial charge in [-0.2, -0.15) is 0 Å². The van der Waals surface area contributed by atoms with Crippen LogP contribution in [-0.4, -0.2) is 41.3 Å². The van der Waals surface area contributed by atoms with E-state index in [9.17, 15) is 9.59 Å². The van der Waals surface area contributed by atoms with E-state index in [1.54, 1.807) is 18.3 Å². The van der Waals surface area contributed by atoms with Crippen molar-refractivity contribution in [1.29, 1.82) is 0 Å². The number of pyridine rings is 1. The maximum absolute atomic E-state index is 13.1. The van der Waals surface area contributed by atoms with Crippen LogP contribution in [-0.2, 0) is 6.42 Å². The van der Waals surface area contributed by atoms with Gasteiger partial charge in [-0.15, -0.1) is 0 Å². The van der Waals surface area contributed by atoms with E-state index in [4.69, 9.17) is 0 Å². The number of carbonyl (C=O) groups excluding carboxylic acids is 2. The Balaban J connectivity index is 1.57. The highest BCUT2D eigenvalue weighted by molar-refractivity contribution is 6.07. The Morgan fingerprint density at radius 3 is 2.44 bits per heavy atom. The lowest BCUT2D eigenvalue weighted by Crippen LogP contribution is -2.36. The topological polar surface area (TPSA) is 53.5 Å². The fraction of sp³-hybridized carbons (Fsp3) is 0.409. The lowest BCUT2D eigenvalue weighted by atomic mass is 10.0. The fourth-order valence-electron chi connectivity index (χ4n) is 4.02. The van der Waals surface area contributed by atoms with Crippen LogP contribution in [0.4, 0.5) is 5.69 Å². The number of benzene rings is 1. The molecule has 1 aromatic carbocycles. The lowest BCUT2D eigenvalue weighted by Gasteiger charge is -2.29. The smallest absolute Gasteiger partial charge is 0.272 e. The van der Waals surface area contributed by atoms with Crippen molar-refractivity contribution in [3.05, 3.63) is 59.4 Å². The summed E-state index contributed by atoms with van der Waals surface area (Å²) in [5.41, 5.74) is 3.07. The Bertz CT molecular complexity index is 841. The summed E-state index contributed by atoms with van der Waals surface area (Å²) in [5.74, 6) is -0.125. The van der Waals surface area contributed by atoms with Crippen molar-refractivity contribution in [3.8, 4) is 0 Å². The Morgan fingerprint density at radius 2 is 1.63 bits per heavy atom. The molecular formula is C22H25N3O2. The maximum Gasteiger partial charge on any atom is 0.272 e. The van der Waals surface area contributed by atoms with Gasteiger partial charge >= 0.3 is 0 Å². The molecule has 0 unspecified atom stereocenters. The van der Waals surface area contributed by atoms with Gasteiger partial charge in [0.05, 0.1) is 0 Å². The van der Waals surface area contributed by atoms with Crippen molar-refractivity contribution in [1.82, 2.24) is 9.88 Å². The van der Waals surface area contributed by atoms with Gasteiger partial charge in [-0.1, -0.05) is 31.0 Å². The number of fused-ring (bicyclic) bond motifs is 1. The molecule has 3 heterocycles. The molecule has 2 amide bonds. The Hall–Kier alpha value is -2.69. The normalized spacial score (nSPS) is 17.2. The lowest BCUT2D eigenvalue weighted by molar-refractivity contribution is 0.0755. The average Bonchev–Trinajstić information content (AvgIpc) is 3.02. The number of carbonyl (C=O) groups is 2. The molecule has 2 aliphatic heterocycles. The number of nitrogens with zero attached hydrogens (tertiary/aromatic N) is 3. The van der Waals surface area contributed by atoms with Crippen LogP contribution in [0.5, 0.6) is 0 Å². The van der Waals surface area contributed by atoms with E-state index in [1.807, 2.05) is 28.0 Å². The van der Waals surface area contributed by atoms with Crippen LogP contribution in [0.3, 0.4) is 0 Å². The molecular weight excluding hydrogens is 338 g/mol. The van der Waals surface area contributed by atoms with Crippen molar-refractivity contribution in [2.75, 3.05) is 24.5 Å². The van der Waals surface area contributed by atoms with Crippen molar-refractivity contribution in [2.45, 2.75) is 38.5 Å². The molecule has 0 aliphatic carbocycles. The van der Waals surface area contributed by atoms with Crippen molar-refractivity contribution in [2.24, 2.45) is 0 Å². The molecule has 0 bridgehead atoms. The molecule has 2 aliphatic rings. The predicted octanol–water partition coefficient (Wildman–Crippen LogP) is 3.69. The highest BCUT2D eigenvalue weighted by atomic mass is 16.2. The van der Waals surface area contributed by atoms with Crippen molar-refractivity contribution < 1.29 is 9.59 Å². The number of likely N-dealkylation sites (tertiary alicyclic amines) is 1. The van der Waals surface area contributed by atoms with Gasteiger partial charge in [0.1, 0.15) is 5.69 Å². The van der Waals surface area contributed by atoms with Crippen molar-refractivity contribution in [3.63, 3.8) is 0 Å². The number of amides is 2. The Morgan fingerprint density at radius 1 is 0.852 bits per heavy atom. The highest BCUT2D eigenvalue weighted by Gasteiger charge is 2.25. The third-order valence-electron chi connectivity index (χ3n) is 5.47. The minimum atomic E-state index is -0.0643. The summed E-state index contributed by atoms with van der Waals surface area (Å²) in [6.45, 7) is 2.25. The van der Waals surface area contributed by atoms with Crippen LogP contribution >= 0.6 is 0 Å². The summed E-state index contributed by atoms with van der Waals surface area (Å²) in [7, 11) is 0. The summed E-state index contributed by atoms with van der Waals surface area (Å²) in [4.78, 5) is 33.9. The molecule has 140 valence electrons. The second-order valence-electron chi connectivity index (χ2n) is 7.33. The van der Waals surface area contributed by atoms with Gasteiger partial charge in [-0.25, -0.2) is 0 Å². The molecule has 4 rings (SSSR count). The number of hydrogen-bond acceptors (Lipinski definition) is 3. The minimum absolute atomic E-state index is 0.0607. The number of aryl methyl sites for hydroxylation is 1. The number of para-hydroxylation sites is 1. The first-order valence-corrected chi connectivity index (χ1v) is 9.89. The Kier molecular flexibility index (Phi) is 5.19. The third-order valence-corrected chi connectivity index (χ3v) is 5.47. The van der Waals surface area contributed by atoms with E-state index in [1.165, 1.54) is 18.4 Å². The molecule has 27 heavy (non-hydrogen) atoms. The van der Waals surface area contributed by atoms with E-state index in [-0.39, 0.29) is 11.8 Å². The summed E-state index contributed by atoms with van der Waals surface area (Å²) >= 11 is 0. The summed E-state index contributed by atoms with van der Waals surface area (Å²) in [6.07, 6.45) is 7.94. The molecule has 1 fully saturated rings. The molecule has 0 saturated carbocycles. The van der Waals surface area contributed by atoms with Gasteiger partial charge in [-0.05, 0) is 49.4 Å². The van der Waals surface area contributed by atoms with E-state index < -0.39 is 0 Å². The largest absolute Gasteiger partial charge is 0.337 e. The summed E-state index contributed by atoms with van der Waals surface area (Å²) in [6, 6.07) is 11.4. The van der Waals surface area contributed by atoms with E-state index >= 15 is 0 Å². The molecule has 0 N–H and O–H groups in total. The zero-order valence-corrected chi connectivity index (χ0v) is 15.6. The number of rotatable bonds is 2. The zero-order chi connectivity index (χ0) is 18.6. The monoisotopic (exact) mass is 363 g/mol. The first-order valence-electron chi connectivity index (χ1n) is 9.89. The Labute approximate surface area is 160 Å². The number of hydrogen-bond donors (Lipinski definition) is 0. The van der Waals surface area contributed by atoms with E-state index in [0.29, 0.717) is 17.8 Å². The van der Waals surface area contributed by atoms with E-state index in [2.05, 4.69) is 11.1 Å². The molecule has 5 nitrogen and oxygen atoms in total. The van der Waals surface area contributed by atoms with Gasteiger partial charge < -0.3 is 9.80 Å². The van der Waals surface area contributed by atoms with Crippen LogP contribution in [0, 0.1) is 0 Å². The first kappa shape index (κ1) is 17.7. The maximum atomic E-state index is 13.1. The molecule has 2 aromatic rings.